The third-order valence-electron chi connectivity index (χ3n) is 4.82. The molecule has 2 aliphatic rings. The Hall–Kier alpha value is -2.02. The lowest BCUT2D eigenvalue weighted by Gasteiger charge is -2.18. The molecular formula is C18H14O. The first-order valence-electron chi connectivity index (χ1n) is 7.01. The first-order chi connectivity index (χ1) is 9.42. The summed E-state index contributed by atoms with van der Waals surface area (Å²) in [4.78, 5) is 0. The summed E-state index contributed by atoms with van der Waals surface area (Å²) in [7, 11) is 0. The molecule has 1 heterocycles. The maximum absolute atomic E-state index is 6.10. The van der Waals surface area contributed by atoms with Crippen molar-refractivity contribution in [3.8, 4) is 0 Å². The van der Waals surface area contributed by atoms with Gasteiger partial charge in [0.25, 0.3) is 0 Å². The van der Waals surface area contributed by atoms with E-state index in [4.69, 9.17) is 4.42 Å². The first kappa shape index (κ1) is 9.85. The molecule has 0 unspecified atom stereocenters. The van der Waals surface area contributed by atoms with Crippen molar-refractivity contribution < 1.29 is 4.42 Å². The Kier molecular flexibility index (Phi) is 1.71. The number of benzene rings is 2. The van der Waals surface area contributed by atoms with Gasteiger partial charge in [0.05, 0.1) is 0 Å². The molecule has 1 nitrogen and oxygen atoms in total. The number of rotatable bonds is 0. The molecule has 0 aliphatic heterocycles. The summed E-state index contributed by atoms with van der Waals surface area (Å²) in [5.74, 6) is 2.43. The molecule has 19 heavy (non-hydrogen) atoms. The maximum Gasteiger partial charge on any atom is 0.134 e. The second-order valence-electron chi connectivity index (χ2n) is 5.75. The van der Waals surface area contributed by atoms with Gasteiger partial charge in [0.1, 0.15) is 11.3 Å². The predicted octanol–water partition coefficient (Wildman–Crippen LogP) is 4.61. The van der Waals surface area contributed by atoms with Crippen molar-refractivity contribution in [2.75, 3.05) is 0 Å². The van der Waals surface area contributed by atoms with E-state index in [-0.39, 0.29) is 0 Å². The van der Waals surface area contributed by atoms with Crippen LogP contribution in [0.15, 0.2) is 52.9 Å². The molecule has 1 aromatic heterocycles. The van der Waals surface area contributed by atoms with Crippen LogP contribution < -0.4 is 0 Å². The molecule has 0 saturated carbocycles. The molecule has 0 N–H and O–H groups in total. The van der Waals surface area contributed by atoms with Crippen molar-refractivity contribution in [2.24, 2.45) is 0 Å². The van der Waals surface area contributed by atoms with Gasteiger partial charge < -0.3 is 4.42 Å². The summed E-state index contributed by atoms with van der Waals surface area (Å²) in [5, 5.41) is 1.32. The van der Waals surface area contributed by atoms with Crippen molar-refractivity contribution in [1.29, 1.82) is 0 Å². The Labute approximate surface area is 111 Å². The zero-order chi connectivity index (χ0) is 12.4. The third kappa shape index (κ3) is 1.16. The van der Waals surface area contributed by atoms with Gasteiger partial charge in [-0.1, -0.05) is 42.5 Å². The van der Waals surface area contributed by atoms with Gasteiger partial charge in [-0.2, -0.15) is 0 Å². The van der Waals surface area contributed by atoms with Gasteiger partial charge in [0, 0.05) is 23.3 Å². The van der Waals surface area contributed by atoms with E-state index in [2.05, 4.69) is 48.5 Å². The van der Waals surface area contributed by atoms with Crippen LogP contribution in [0.4, 0.5) is 0 Å². The second kappa shape index (κ2) is 3.30. The van der Waals surface area contributed by atoms with Crippen LogP contribution in [0.1, 0.15) is 40.7 Å². The normalized spacial score (nSPS) is 23.4. The van der Waals surface area contributed by atoms with E-state index in [1.165, 1.54) is 28.7 Å². The van der Waals surface area contributed by atoms with Crippen LogP contribution in [0.2, 0.25) is 0 Å². The fraction of sp³-hybridized carbons (Fsp3) is 0.222. The van der Waals surface area contributed by atoms with Gasteiger partial charge in [-0.25, -0.2) is 0 Å². The van der Waals surface area contributed by atoms with Crippen LogP contribution in [0, 0.1) is 0 Å². The molecule has 2 aliphatic carbocycles. The van der Waals surface area contributed by atoms with Gasteiger partial charge >= 0.3 is 0 Å². The number of hydrogen-bond acceptors (Lipinski definition) is 1. The van der Waals surface area contributed by atoms with Crippen molar-refractivity contribution in [2.45, 2.75) is 24.7 Å². The fourth-order valence-electron chi connectivity index (χ4n) is 4.08. The molecule has 0 amide bonds. The average molecular weight is 246 g/mol. The number of fused-ring (bicyclic) bond motifs is 9. The lowest BCUT2D eigenvalue weighted by molar-refractivity contribution is 0.475. The van der Waals surface area contributed by atoms with Crippen molar-refractivity contribution in [1.82, 2.24) is 0 Å². The molecule has 3 aromatic rings. The second-order valence-corrected chi connectivity index (χ2v) is 5.75. The Bertz CT molecular complexity index is 796. The summed E-state index contributed by atoms with van der Waals surface area (Å²) in [6.07, 6.45) is 2.33. The Morgan fingerprint density at radius 3 is 2.63 bits per heavy atom. The fourth-order valence-corrected chi connectivity index (χ4v) is 4.08. The van der Waals surface area contributed by atoms with Gasteiger partial charge in [0.15, 0.2) is 0 Å². The van der Waals surface area contributed by atoms with Crippen LogP contribution in [0.3, 0.4) is 0 Å². The average Bonchev–Trinajstić information content (AvgIpc) is 2.97. The number of furan rings is 1. The van der Waals surface area contributed by atoms with Crippen molar-refractivity contribution in [3.05, 3.63) is 71.0 Å². The SMILES string of the molecule is c1ccc2c(c1)[C@H]1Cc3oc4ccccc4c3[C@@H]2C1. The smallest absolute Gasteiger partial charge is 0.134 e. The standard InChI is InChI=1S/C18H14O/c1-2-6-13-12(5-1)11-9-15(13)18-14-7-3-4-8-16(14)19-17(18)10-11/h1-8,11,15H,9-10H2/t11-,15-/m1/s1. The van der Waals surface area contributed by atoms with E-state index in [1.54, 1.807) is 5.56 Å². The highest BCUT2D eigenvalue weighted by molar-refractivity contribution is 5.84. The Balaban J connectivity index is 1.85. The van der Waals surface area contributed by atoms with Gasteiger partial charge in [-0.15, -0.1) is 0 Å². The maximum atomic E-state index is 6.10. The molecule has 0 saturated heterocycles. The molecule has 2 aromatic carbocycles. The van der Waals surface area contributed by atoms with Crippen LogP contribution in [-0.2, 0) is 6.42 Å². The quantitative estimate of drug-likeness (QED) is 0.564. The van der Waals surface area contributed by atoms with Crippen molar-refractivity contribution in [3.63, 3.8) is 0 Å². The molecule has 92 valence electrons. The largest absolute Gasteiger partial charge is 0.461 e. The van der Waals surface area contributed by atoms with Crippen LogP contribution in [0.25, 0.3) is 11.0 Å². The van der Waals surface area contributed by atoms with Crippen LogP contribution in [0.5, 0.6) is 0 Å². The molecule has 1 heteroatoms. The van der Waals surface area contributed by atoms with Gasteiger partial charge in [0.2, 0.25) is 0 Å². The molecule has 2 bridgehead atoms. The molecule has 5 rings (SSSR count). The van der Waals surface area contributed by atoms with Crippen LogP contribution in [-0.4, -0.2) is 0 Å². The Morgan fingerprint density at radius 1 is 0.895 bits per heavy atom. The minimum Gasteiger partial charge on any atom is -0.461 e. The summed E-state index contributed by atoms with van der Waals surface area (Å²) in [5.41, 5.74) is 5.58. The van der Waals surface area contributed by atoms with E-state index >= 15 is 0 Å². The van der Waals surface area contributed by atoms with Crippen LogP contribution >= 0.6 is 0 Å². The monoisotopic (exact) mass is 246 g/mol. The van der Waals surface area contributed by atoms with E-state index in [0.717, 1.165) is 12.0 Å². The lowest BCUT2D eigenvalue weighted by atomic mass is 9.84. The highest BCUT2D eigenvalue weighted by Crippen LogP contribution is 2.53. The van der Waals surface area contributed by atoms with Gasteiger partial charge in [-0.05, 0) is 29.5 Å². The highest BCUT2D eigenvalue weighted by Gasteiger charge is 2.40. The topological polar surface area (TPSA) is 13.1 Å². The van der Waals surface area contributed by atoms with E-state index in [1.807, 2.05) is 0 Å². The number of para-hydroxylation sites is 1. The van der Waals surface area contributed by atoms with E-state index in [9.17, 15) is 0 Å². The third-order valence-corrected chi connectivity index (χ3v) is 4.82. The minimum atomic E-state index is 0.550. The Morgan fingerprint density at radius 2 is 1.68 bits per heavy atom. The minimum absolute atomic E-state index is 0.550. The lowest BCUT2D eigenvalue weighted by Crippen LogP contribution is -2.07. The molecule has 2 atom stereocenters. The summed E-state index contributed by atoms with van der Waals surface area (Å²) in [6, 6.07) is 17.4. The van der Waals surface area contributed by atoms with Gasteiger partial charge in [-0.3, -0.25) is 0 Å². The molecular weight excluding hydrogens is 232 g/mol. The number of hydrogen-bond donors (Lipinski definition) is 0. The molecule has 0 spiro atoms. The molecule has 0 fully saturated rings. The summed E-state index contributed by atoms with van der Waals surface area (Å²) in [6.45, 7) is 0. The summed E-state index contributed by atoms with van der Waals surface area (Å²) >= 11 is 0. The molecule has 0 radical (unpaired) electrons. The first-order valence-corrected chi connectivity index (χ1v) is 7.01. The highest BCUT2D eigenvalue weighted by atomic mass is 16.3. The van der Waals surface area contributed by atoms with Crippen molar-refractivity contribution >= 4 is 11.0 Å². The summed E-state index contributed by atoms with van der Waals surface area (Å²) < 4.78 is 6.10. The van der Waals surface area contributed by atoms with E-state index in [0.29, 0.717) is 11.8 Å². The zero-order valence-electron chi connectivity index (χ0n) is 10.6. The predicted molar refractivity (Wildman–Crippen MR) is 75.6 cm³/mol. The van der Waals surface area contributed by atoms with E-state index < -0.39 is 0 Å². The zero-order valence-corrected chi connectivity index (χ0v) is 10.6.